The monoisotopic (exact) mass is 237 g/mol. The Hall–Kier alpha value is 0.775. The summed E-state index contributed by atoms with van der Waals surface area (Å²) in [5.74, 6) is -3.07. The Balaban J connectivity index is -0.000000845. The van der Waals surface area contributed by atoms with Gasteiger partial charge in [0.1, 0.15) is 13.4 Å². The number of nitrogens with one attached hydrogen (secondary N) is 1. The van der Waals surface area contributed by atoms with Crippen LogP contribution in [-0.4, -0.2) is 23.5 Å². The normalized spacial score (nSPS) is 15.6. The van der Waals surface area contributed by atoms with Crippen molar-refractivity contribution in [3.63, 3.8) is 0 Å². The van der Waals surface area contributed by atoms with E-state index in [0.717, 1.165) is 0 Å². The quantitative estimate of drug-likeness (QED) is 0.350. The number of aliphatic hydroxyl groups excluding tert-OH is 1. The molecule has 0 aliphatic carbocycles. The number of aliphatic hydroxyl groups is 1. The summed E-state index contributed by atoms with van der Waals surface area (Å²) in [7, 11) is -4.26. The van der Waals surface area contributed by atoms with Crippen LogP contribution in [0, 0.1) is 5.92 Å². The van der Waals surface area contributed by atoms with Crippen molar-refractivity contribution in [2.75, 3.05) is 6.54 Å². The van der Waals surface area contributed by atoms with Crippen molar-refractivity contribution in [2.24, 2.45) is 5.92 Å². The van der Waals surface area contributed by atoms with Crippen LogP contribution in [0.2, 0.25) is 0 Å². The molecule has 0 bridgehead atoms. The molecular weight excluding hydrogens is 223 g/mol. The molecule has 0 rings (SSSR count). The van der Waals surface area contributed by atoms with E-state index in [1.54, 1.807) is 18.9 Å². The van der Waals surface area contributed by atoms with Crippen molar-refractivity contribution in [3.05, 3.63) is 0 Å². The van der Waals surface area contributed by atoms with Crippen LogP contribution in [0.15, 0.2) is 0 Å². The van der Waals surface area contributed by atoms with Gasteiger partial charge in [0.2, 0.25) is 0 Å². The first-order valence-corrected chi connectivity index (χ1v) is 5.89. The van der Waals surface area contributed by atoms with Crippen molar-refractivity contribution in [2.45, 2.75) is 26.1 Å². The molecule has 0 aromatic heterocycles. The zero-order valence-corrected chi connectivity index (χ0v) is 11.0. The van der Waals surface area contributed by atoms with Gasteiger partial charge in [-0.1, -0.05) is 13.8 Å². The molecule has 0 heterocycles. The summed E-state index contributed by atoms with van der Waals surface area (Å²) >= 11 is 0. The van der Waals surface area contributed by atoms with E-state index in [-0.39, 0.29) is 50.1 Å². The van der Waals surface area contributed by atoms with Gasteiger partial charge in [0, 0.05) is 6.54 Å². The molecule has 9 heteroatoms. The smallest absolute Gasteiger partial charge is 0.786 e. The second-order valence-electron chi connectivity index (χ2n) is 3.41. The Labute approximate surface area is 119 Å². The van der Waals surface area contributed by atoms with E-state index in [4.69, 9.17) is 0 Å². The Bertz CT molecular complexity index is 251. The standard InChI is InChI=1S/C7H16NO5P.2Li/c1-5(2)3-7(11)14(12,13)8-4-6(9)10;;/h5,7,11H,3-4H2,1-2H3,(H,9,10)(H2,8,12,13);;/q;2*+1/p-2. The van der Waals surface area contributed by atoms with Crippen LogP contribution < -0.4 is 52.8 Å². The van der Waals surface area contributed by atoms with Gasteiger partial charge in [0.05, 0.1) is 5.97 Å². The SMILES string of the molecule is CC(C)CC(O)P(=O)([O-])NCC(=O)[O-].[Li+].[Li+]. The van der Waals surface area contributed by atoms with Gasteiger partial charge in [0.25, 0.3) is 0 Å². The van der Waals surface area contributed by atoms with Crippen LogP contribution in [0.5, 0.6) is 0 Å². The molecule has 0 aliphatic rings. The second kappa shape index (κ2) is 9.77. The molecule has 0 radical (unpaired) electrons. The van der Waals surface area contributed by atoms with Gasteiger partial charge in [-0.2, -0.15) is 0 Å². The Kier molecular flexibility index (Phi) is 13.4. The van der Waals surface area contributed by atoms with E-state index in [0.29, 0.717) is 0 Å². The van der Waals surface area contributed by atoms with Gasteiger partial charge in [0.15, 0.2) is 0 Å². The number of carbonyl (C=O) groups is 1. The van der Waals surface area contributed by atoms with Gasteiger partial charge < -0.3 is 24.5 Å². The maximum absolute atomic E-state index is 11.1. The summed E-state index contributed by atoms with van der Waals surface area (Å²) in [6.07, 6.45) is 0.0703. The average Bonchev–Trinajstić information content (AvgIpc) is 1.99. The second-order valence-corrected chi connectivity index (χ2v) is 5.52. The van der Waals surface area contributed by atoms with Crippen LogP contribution in [-0.2, 0) is 9.36 Å². The Morgan fingerprint density at radius 1 is 1.44 bits per heavy atom. The minimum atomic E-state index is -4.26. The Morgan fingerprint density at radius 2 is 1.88 bits per heavy atom. The predicted molar refractivity (Wildman–Crippen MR) is 46.1 cm³/mol. The molecular formula is C7H14Li2NO5P. The summed E-state index contributed by atoms with van der Waals surface area (Å²) in [6.45, 7) is 2.69. The van der Waals surface area contributed by atoms with Crippen LogP contribution >= 0.6 is 7.52 Å². The van der Waals surface area contributed by atoms with E-state index in [9.17, 15) is 24.5 Å². The minimum Gasteiger partial charge on any atom is -0.786 e. The molecule has 2 atom stereocenters. The number of carbonyl (C=O) groups excluding carboxylic acids is 1. The van der Waals surface area contributed by atoms with Crippen molar-refractivity contribution in [3.8, 4) is 0 Å². The predicted octanol–water partition coefficient (Wildman–Crippen LogP) is -7.75. The number of rotatable bonds is 6. The van der Waals surface area contributed by atoms with Gasteiger partial charge in [-0.05, 0) is 12.3 Å². The molecule has 2 unspecified atom stereocenters. The first-order chi connectivity index (χ1) is 6.25. The average molecular weight is 237 g/mol. The number of carboxylic acid groups (broad SMARTS) is 1. The molecule has 0 spiro atoms. The van der Waals surface area contributed by atoms with Crippen LogP contribution in [0.1, 0.15) is 20.3 Å². The van der Waals surface area contributed by atoms with E-state index in [1.807, 2.05) is 0 Å². The summed E-state index contributed by atoms with van der Waals surface area (Å²) in [5, 5.41) is 20.9. The molecule has 16 heavy (non-hydrogen) atoms. The van der Waals surface area contributed by atoms with Crippen molar-refractivity contribution < 1.29 is 62.2 Å². The van der Waals surface area contributed by atoms with E-state index >= 15 is 0 Å². The zero-order chi connectivity index (χ0) is 11.4. The molecule has 0 aromatic carbocycles. The third-order valence-electron chi connectivity index (χ3n) is 1.52. The number of carboxylic acids is 1. The van der Waals surface area contributed by atoms with Crippen LogP contribution in [0.25, 0.3) is 0 Å². The number of aliphatic carboxylic acids is 1. The number of hydrogen-bond donors (Lipinski definition) is 2. The van der Waals surface area contributed by atoms with E-state index in [1.165, 1.54) is 0 Å². The molecule has 84 valence electrons. The van der Waals surface area contributed by atoms with E-state index in [2.05, 4.69) is 0 Å². The van der Waals surface area contributed by atoms with Crippen molar-refractivity contribution >= 4 is 13.5 Å². The van der Waals surface area contributed by atoms with Crippen LogP contribution in [0.3, 0.4) is 0 Å². The molecule has 6 nitrogen and oxygen atoms in total. The molecule has 0 aromatic rings. The topological polar surface area (TPSA) is 113 Å². The van der Waals surface area contributed by atoms with Crippen molar-refractivity contribution in [1.29, 1.82) is 0 Å². The first kappa shape index (κ1) is 22.0. The first-order valence-electron chi connectivity index (χ1n) is 4.19. The molecule has 0 saturated carbocycles. The molecule has 0 saturated heterocycles. The fourth-order valence-corrected chi connectivity index (χ4v) is 2.10. The summed E-state index contributed by atoms with van der Waals surface area (Å²) in [4.78, 5) is 21.1. The maximum atomic E-state index is 11.1. The molecule has 0 aliphatic heterocycles. The van der Waals surface area contributed by atoms with Gasteiger partial charge in [-0.15, -0.1) is 0 Å². The maximum Gasteiger partial charge on any atom is 1.00 e. The largest absolute Gasteiger partial charge is 1.00 e. The molecule has 0 fully saturated rings. The molecule has 0 amide bonds. The molecule has 2 N–H and O–H groups in total. The third-order valence-corrected chi connectivity index (χ3v) is 3.11. The Morgan fingerprint density at radius 3 is 2.19 bits per heavy atom. The minimum absolute atomic E-state index is 0. The summed E-state index contributed by atoms with van der Waals surface area (Å²) in [6, 6.07) is 0. The van der Waals surface area contributed by atoms with Gasteiger partial charge >= 0.3 is 37.7 Å². The van der Waals surface area contributed by atoms with Crippen LogP contribution in [0.4, 0.5) is 0 Å². The fourth-order valence-electron chi connectivity index (χ4n) is 0.841. The van der Waals surface area contributed by atoms with Gasteiger partial charge in [-0.3, -0.25) is 5.09 Å². The summed E-state index contributed by atoms with van der Waals surface area (Å²) in [5.41, 5.74) is 0. The third kappa shape index (κ3) is 9.96. The van der Waals surface area contributed by atoms with E-state index < -0.39 is 25.9 Å². The number of hydrogen-bond acceptors (Lipinski definition) is 5. The fraction of sp³-hybridized carbons (Fsp3) is 0.857. The van der Waals surface area contributed by atoms with Gasteiger partial charge in [-0.25, -0.2) is 0 Å². The summed E-state index contributed by atoms with van der Waals surface area (Å²) < 4.78 is 11.1. The van der Waals surface area contributed by atoms with Crippen molar-refractivity contribution in [1.82, 2.24) is 5.09 Å². The zero-order valence-electron chi connectivity index (χ0n) is 10.1.